The van der Waals surface area contributed by atoms with Crippen LogP contribution in [0.5, 0.6) is 0 Å². The second-order valence-electron chi connectivity index (χ2n) is 5.11. The van der Waals surface area contributed by atoms with E-state index in [0.717, 1.165) is 5.56 Å². The normalized spacial score (nSPS) is 13.5. The van der Waals surface area contributed by atoms with Crippen LogP contribution in [0.3, 0.4) is 0 Å². The second kappa shape index (κ2) is 6.58. The maximum atomic E-state index is 12.5. The van der Waals surface area contributed by atoms with E-state index in [1.54, 1.807) is 18.3 Å². The van der Waals surface area contributed by atoms with Gasteiger partial charge < -0.3 is 5.73 Å². The van der Waals surface area contributed by atoms with Crippen molar-refractivity contribution in [3.8, 4) is 0 Å². The van der Waals surface area contributed by atoms with Gasteiger partial charge in [-0.05, 0) is 50.3 Å². The van der Waals surface area contributed by atoms with E-state index in [1.807, 2.05) is 25.3 Å². The average molecular weight is 345 g/mol. The molecular weight excluding hydrogens is 324 g/mol. The summed E-state index contributed by atoms with van der Waals surface area (Å²) in [5.74, 6) is 0. The van der Waals surface area contributed by atoms with Crippen LogP contribution < -0.4 is 10.5 Å². The standard InChI is InChI=1S/C14H20N2O2S3/c1-9-8-19-13(7-15)14(9)21(17,18)16-10(2)6-12-5-4-11(3)20-12/h4-5,8,10,16H,6-7,15H2,1-3H3. The smallest absolute Gasteiger partial charge is 0.242 e. The predicted octanol–water partition coefficient (Wildman–Crippen LogP) is 2.79. The van der Waals surface area contributed by atoms with Crippen molar-refractivity contribution in [2.24, 2.45) is 5.73 Å². The van der Waals surface area contributed by atoms with Crippen LogP contribution in [0.25, 0.3) is 0 Å². The summed E-state index contributed by atoms with van der Waals surface area (Å²) in [6.45, 7) is 5.98. The van der Waals surface area contributed by atoms with E-state index in [2.05, 4.69) is 10.8 Å². The maximum Gasteiger partial charge on any atom is 0.242 e. The van der Waals surface area contributed by atoms with Crippen molar-refractivity contribution in [2.45, 2.75) is 44.7 Å². The lowest BCUT2D eigenvalue weighted by atomic mass is 10.2. The third-order valence-electron chi connectivity index (χ3n) is 3.10. The van der Waals surface area contributed by atoms with E-state index < -0.39 is 10.0 Å². The van der Waals surface area contributed by atoms with Gasteiger partial charge in [0.2, 0.25) is 10.0 Å². The van der Waals surface area contributed by atoms with E-state index in [-0.39, 0.29) is 12.6 Å². The molecule has 2 rings (SSSR count). The molecule has 0 aromatic carbocycles. The number of hydrogen-bond acceptors (Lipinski definition) is 5. The number of aryl methyl sites for hydroxylation is 2. The lowest BCUT2D eigenvalue weighted by molar-refractivity contribution is 0.559. The van der Waals surface area contributed by atoms with Gasteiger partial charge in [-0.25, -0.2) is 13.1 Å². The summed E-state index contributed by atoms with van der Waals surface area (Å²) in [4.78, 5) is 3.48. The molecule has 2 aromatic heterocycles. The first kappa shape index (κ1) is 16.6. The highest BCUT2D eigenvalue weighted by atomic mass is 32.2. The SMILES string of the molecule is Cc1ccc(CC(C)NS(=O)(=O)c2c(C)csc2CN)s1. The molecule has 3 N–H and O–H groups in total. The molecule has 4 nitrogen and oxygen atoms in total. The second-order valence-corrected chi connectivity index (χ2v) is 9.10. The first-order valence-electron chi connectivity index (χ1n) is 6.68. The van der Waals surface area contributed by atoms with E-state index >= 15 is 0 Å². The van der Waals surface area contributed by atoms with Gasteiger partial charge in [-0.2, -0.15) is 0 Å². The van der Waals surface area contributed by atoms with Crippen LogP contribution in [0.1, 0.15) is 27.1 Å². The quantitative estimate of drug-likeness (QED) is 0.846. The van der Waals surface area contributed by atoms with Crippen molar-refractivity contribution in [1.29, 1.82) is 0 Å². The van der Waals surface area contributed by atoms with E-state index in [0.29, 0.717) is 16.2 Å². The Morgan fingerprint density at radius 3 is 2.62 bits per heavy atom. The first-order valence-corrected chi connectivity index (χ1v) is 9.86. The zero-order valence-corrected chi connectivity index (χ0v) is 14.8. The molecule has 0 saturated carbocycles. The monoisotopic (exact) mass is 344 g/mol. The van der Waals surface area contributed by atoms with Crippen LogP contribution in [0.15, 0.2) is 22.4 Å². The molecule has 2 heterocycles. The van der Waals surface area contributed by atoms with Crippen molar-refractivity contribution < 1.29 is 8.42 Å². The largest absolute Gasteiger partial charge is 0.326 e. The molecule has 1 atom stereocenters. The topological polar surface area (TPSA) is 72.2 Å². The third kappa shape index (κ3) is 3.92. The van der Waals surface area contributed by atoms with Crippen molar-refractivity contribution in [3.05, 3.63) is 37.7 Å². The molecule has 0 bridgehead atoms. The summed E-state index contributed by atoms with van der Waals surface area (Å²) in [5.41, 5.74) is 6.39. The van der Waals surface area contributed by atoms with Crippen LogP contribution in [0.2, 0.25) is 0 Å². The molecule has 21 heavy (non-hydrogen) atoms. The molecular formula is C14H20N2O2S3. The molecule has 0 spiro atoms. The Morgan fingerprint density at radius 2 is 2.05 bits per heavy atom. The Bertz CT molecular complexity index is 716. The Kier molecular flexibility index (Phi) is 5.21. The van der Waals surface area contributed by atoms with Crippen LogP contribution in [0.4, 0.5) is 0 Å². The molecule has 0 aliphatic heterocycles. The molecule has 2 aromatic rings. The van der Waals surface area contributed by atoms with Gasteiger partial charge in [-0.1, -0.05) is 0 Å². The van der Waals surface area contributed by atoms with Gasteiger partial charge in [-0.15, -0.1) is 22.7 Å². The summed E-state index contributed by atoms with van der Waals surface area (Å²) < 4.78 is 27.8. The van der Waals surface area contributed by atoms with Gasteiger partial charge in [0, 0.05) is 27.2 Å². The number of nitrogens with two attached hydrogens (primary N) is 1. The molecule has 7 heteroatoms. The summed E-state index contributed by atoms with van der Waals surface area (Å²) in [7, 11) is -3.52. The minimum atomic E-state index is -3.52. The van der Waals surface area contributed by atoms with Crippen LogP contribution in [-0.2, 0) is 23.0 Å². The Hall–Kier alpha value is -0.730. The van der Waals surface area contributed by atoms with Crippen molar-refractivity contribution in [3.63, 3.8) is 0 Å². The molecule has 0 radical (unpaired) electrons. The third-order valence-corrected chi connectivity index (χ3v) is 7.20. The van der Waals surface area contributed by atoms with Gasteiger partial charge in [0.25, 0.3) is 0 Å². The average Bonchev–Trinajstić information content (AvgIpc) is 2.94. The van der Waals surface area contributed by atoms with Crippen LogP contribution >= 0.6 is 22.7 Å². The lowest BCUT2D eigenvalue weighted by Gasteiger charge is -2.14. The Balaban J connectivity index is 2.15. The van der Waals surface area contributed by atoms with Gasteiger partial charge in [0.05, 0.1) is 0 Å². The summed E-state index contributed by atoms with van der Waals surface area (Å²) in [6, 6.07) is 3.95. The highest BCUT2D eigenvalue weighted by Gasteiger charge is 2.24. The molecule has 0 amide bonds. The fourth-order valence-electron chi connectivity index (χ4n) is 2.25. The summed E-state index contributed by atoms with van der Waals surface area (Å²) in [5, 5.41) is 1.84. The zero-order chi connectivity index (χ0) is 15.6. The highest BCUT2D eigenvalue weighted by Crippen LogP contribution is 2.27. The molecule has 1 unspecified atom stereocenters. The van der Waals surface area contributed by atoms with Gasteiger partial charge >= 0.3 is 0 Å². The fourth-order valence-corrected chi connectivity index (χ4v) is 6.22. The summed E-state index contributed by atoms with van der Waals surface area (Å²) in [6.07, 6.45) is 0.693. The van der Waals surface area contributed by atoms with E-state index in [1.165, 1.54) is 21.1 Å². The molecule has 116 valence electrons. The van der Waals surface area contributed by atoms with Gasteiger partial charge in [0.15, 0.2) is 0 Å². The van der Waals surface area contributed by atoms with Crippen molar-refractivity contribution >= 4 is 32.7 Å². The summed E-state index contributed by atoms with van der Waals surface area (Å²) >= 11 is 3.09. The van der Waals surface area contributed by atoms with Crippen LogP contribution in [0, 0.1) is 13.8 Å². The minimum Gasteiger partial charge on any atom is -0.326 e. The zero-order valence-electron chi connectivity index (χ0n) is 12.3. The molecule has 0 saturated heterocycles. The molecule has 0 aliphatic carbocycles. The van der Waals surface area contributed by atoms with Crippen LogP contribution in [-0.4, -0.2) is 14.5 Å². The van der Waals surface area contributed by atoms with E-state index in [4.69, 9.17) is 5.73 Å². The van der Waals surface area contributed by atoms with Gasteiger partial charge in [0.1, 0.15) is 4.90 Å². The predicted molar refractivity (Wildman–Crippen MR) is 89.5 cm³/mol. The minimum absolute atomic E-state index is 0.155. The highest BCUT2D eigenvalue weighted by molar-refractivity contribution is 7.89. The van der Waals surface area contributed by atoms with Gasteiger partial charge in [-0.3, -0.25) is 0 Å². The molecule has 0 aliphatic rings. The number of hydrogen-bond donors (Lipinski definition) is 2. The van der Waals surface area contributed by atoms with Crippen molar-refractivity contribution in [2.75, 3.05) is 0 Å². The van der Waals surface area contributed by atoms with Crippen molar-refractivity contribution in [1.82, 2.24) is 4.72 Å². The number of nitrogens with one attached hydrogen (secondary N) is 1. The Morgan fingerprint density at radius 1 is 1.33 bits per heavy atom. The number of sulfonamides is 1. The lowest BCUT2D eigenvalue weighted by Crippen LogP contribution is -2.34. The van der Waals surface area contributed by atoms with E-state index in [9.17, 15) is 8.42 Å². The fraction of sp³-hybridized carbons (Fsp3) is 0.429. The molecule has 0 fully saturated rings. The number of thiophene rings is 2. The maximum absolute atomic E-state index is 12.5. The number of rotatable bonds is 6. The Labute approximate surface area is 134 Å². The first-order chi connectivity index (χ1) is 9.83.